The minimum Gasteiger partial charge on any atom is -0.371 e. The first-order valence-electron chi connectivity index (χ1n) is 7.82. The molecule has 3 rings (SSSR count). The molecule has 0 spiro atoms. The smallest absolute Gasteiger partial charge is 0.330 e. The number of nitrogens with one attached hydrogen (secondary N) is 1. The summed E-state index contributed by atoms with van der Waals surface area (Å²) in [6.45, 7) is 2.13. The summed E-state index contributed by atoms with van der Waals surface area (Å²) in [7, 11) is 0. The van der Waals surface area contributed by atoms with Crippen LogP contribution in [0.5, 0.6) is 0 Å². The quantitative estimate of drug-likeness (QED) is 0.806. The van der Waals surface area contributed by atoms with Crippen molar-refractivity contribution in [3.05, 3.63) is 68.5 Å². The lowest BCUT2D eigenvalue weighted by Gasteiger charge is -2.16. The minimum atomic E-state index is -0.475. The molecule has 1 aromatic carbocycles. The van der Waals surface area contributed by atoms with E-state index in [2.05, 4.69) is 17.6 Å². The summed E-state index contributed by atoms with van der Waals surface area (Å²) in [4.78, 5) is 25.8. The van der Waals surface area contributed by atoms with Crippen LogP contribution in [0.3, 0.4) is 0 Å². The highest BCUT2D eigenvalue weighted by atomic mass is 32.1. The van der Waals surface area contributed by atoms with Crippen LogP contribution in [0.1, 0.15) is 23.8 Å². The Bertz CT molecular complexity index is 802. The molecule has 0 aliphatic carbocycles. The summed E-state index contributed by atoms with van der Waals surface area (Å²) in [6.07, 6.45) is 1.23. The number of hydrogen-bond donors (Lipinski definition) is 2. The van der Waals surface area contributed by atoms with Gasteiger partial charge in [0.05, 0.1) is 18.8 Å². The van der Waals surface area contributed by atoms with Gasteiger partial charge < -0.3 is 9.47 Å². The van der Waals surface area contributed by atoms with Crippen molar-refractivity contribution in [2.24, 2.45) is 0 Å². The lowest BCUT2D eigenvalue weighted by molar-refractivity contribution is -0.0315. The Balaban J connectivity index is 1.73. The van der Waals surface area contributed by atoms with Crippen LogP contribution in [-0.2, 0) is 16.1 Å². The lowest BCUT2D eigenvalue weighted by Crippen LogP contribution is -2.33. The van der Waals surface area contributed by atoms with Crippen LogP contribution in [0, 0.1) is 6.92 Å². The Hall–Kier alpha value is -1.83. The molecule has 3 atom stereocenters. The molecule has 0 amide bonds. The van der Waals surface area contributed by atoms with Crippen LogP contribution in [0.2, 0.25) is 0 Å². The first-order chi connectivity index (χ1) is 11.6. The predicted octanol–water partition coefficient (Wildman–Crippen LogP) is 1.65. The third-order valence-corrected chi connectivity index (χ3v) is 4.48. The van der Waals surface area contributed by atoms with Crippen molar-refractivity contribution >= 4 is 12.6 Å². The highest BCUT2D eigenvalue weighted by Crippen LogP contribution is 2.31. The maximum Gasteiger partial charge on any atom is 0.330 e. The molecule has 6 nitrogen and oxygen atoms in total. The summed E-state index contributed by atoms with van der Waals surface area (Å²) in [6, 6.07) is 9.88. The molecule has 1 N–H and O–H groups in total. The number of ether oxygens (including phenoxy) is 2. The molecule has 128 valence electrons. The third-order valence-electron chi connectivity index (χ3n) is 4.12. The van der Waals surface area contributed by atoms with Crippen molar-refractivity contribution < 1.29 is 9.47 Å². The SMILES string of the molecule is Cc1cn([C@H]2CC(OCc3ccccc3)[C@@H](CS)O2)c(=O)[nH]c1=O. The summed E-state index contributed by atoms with van der Waals surface area (Å²) < 4.78 is 13.3. The molecule has 7 heteroatoms. The summed E-state index contributed by atoms with van der Waals surface area (Å²) in [5.74, 6) is 0.493. The van der Waals surface area contributed by atoms with Crippen LogP contribution in [-0.4, -0.2) is 27.5 Å². The fourth-order valence-corrected chi connectivity index (χ4v) is 3.11. The summed E-state index contributed by atoms with van der Waals surface area (Å²) >= 11 is 4.32. The van der Waals surface area contributed by atoms with Gasteiger partial charge in [-0.2, -0.15) is 12.6 Å². The molecule has 1 fully saturated rings. The zero-order valence-corrected chi connectivity index (χ0v) is 14.2. The average molecular weight is 348 g/mol. The van der Waals surface area contributed by atoms with Crippen molar-refractivity contribution in [2.45, 2.75) is 38.4 Å². The monoisotopic (exact) mass is 348 g/mol. The van der Waals surface area contributed by atoms with Crippen molar-refractivity contribution in [1.29, 1.82) is 0 Å². The molecule has 1 unspecified atom stereocenters. The van der Waals surface area contributed by atoms with Crippen molar-refractivity contribution in [3.63, 3.8) is 0 Å². The first kappa shape index (κ1) is 17.0. The van der Waals surface area contributed by atoms with Gasteiger partial charge in [0.1, 0.15) is 6.23 Å². The van der Waals surface area contributed by atoms with E-state index in [9.17, 15) is 9.59 Å². The van der Waals surface area contributed by atoms with E-state index in [1.807, 2.05) is 30.3 Å². The number of rotatable bonds is 5. The highest BCUT2D eigenvalue weighted by molar-refractivity contribution is 7.80. The number of thiol groups is 1. The Morgan fingerprint density at radius 1 is 1.33 bits per heavy atom. The van der Waals surface area contributed by atoms with Gasteiger partial charge in [-0.1, -0.05) is 30.3 Å². The molecular formula is C17H20N2O4S. The second-order valence-electron chi connectivity index (χ2n) is 5.86. The van der Waals surface area contributed by atoms with Crippen LogP contribution in [0.25, 0.3) is 0 Å². The van der Waals surface area contributed by atoms with E-state index >= 15 is 0 Å². The Kier molecular flexibility index (Phi) is 5.23. The minimum absolute atomic E-state index is 0.160. The highest BCUT2D eigenvalue weighted by Gasteiger charge is 2.36. The fraction of sp³-hybridized carbons (Fsp3) is 0.412. The molecule has 1 saturated heterocycles. The van der Waals surface area contributed by atoms with Crippen molar-refractivity contribution in [1.82, 2.24) is 9.55 Å². The van der Waals surface area contributed by atoms with Crippen molar-refractivity contribution in [2.75, 3.05) is 5.75 Å². The van der Waals surface area contributed by atoms with E-state index in [1.165, 1.54) is 10.8 Å². The fourth-order valence-electron chi connectivity index (χ4n) is 2.79. The number of aryl methyl sites for hydroxylation is 1. The molecule has 1 aliphatic heterocycles. The van der Waals surface area contributed by atoms with E-state index in [0.717, 1.165) is 5.56 Å². The van der Waals surface area contributed by atoms with Gasteiger partial charge in [-0.15, -0.1) is 0 Å². The first-order valence-corrected chi connectivity index (χ1v) is 8.45. The van der Waals surface area contributed by atoms with Crippen molar-refractivity contribution in [3.8, 4) is 0 Å². The molecule has 1 aromatic heterocycles. The average Bonchev–Trinajstić information content (AvgIpc) is 3.00. The second-order valence-corrected chi connectivity index (χ2v) is 6.23. The number of aromatic nitrogens is 2. The second kappa shape index (κ2) is 7.38. The molecule has 0 radical (unpaired) electrons. The normalized spacial score (nSPS) is 23.5. The van der Waals surface area contributed by atoms with E-state index in [-0.39, 0.29) is 17.8 Å². The Morgan fingerprint density at radius 3 is 2.79 bits per heavy atom. The Labute approximate surface area is 144 Å². The number of nitrogens with zero attached hydrogens (tertiary/aromatic N) is 1. The van der Waals surface area contributed by atoms with Gasteiger partial charge in [0.15, 0.2) is 0 Å². The third kappa shape index (κ3) is 3.63. The zero-order chi connectivity index (χ0) is 17.1. The van der Waals surface area contributed by atoms with Gasteiger partial charge in [-0.05, 0) is 12.5 Å². The van der Waals surface area contributed by atoms with E-state index < -0.39 is 11.9 Å². The van der Waals surface area contributed by atoms with Gasteiger partial charge in [-0.25, -0.2) is 4.79 Å². The molecule has 1 aliphatic rings. The van der Waals surface area contributed by atoms with Crippen LogP contribution >= 0.6 is 12.6 Å². The van der Waals surface area contributed by atoms with E-state index in [4.69, 9.17) is 9.47 Å². The maximum atomic E-state index is 12.0. The molecule has 0 bridgehead atoms. The van der Waals surface area contributed by atoms with Crippen LogP contribution in [0.15, 0.2) is 46.1 Å². The number of H-pyrrole nitrogens is 1. The largest absolute Gasteiger partial charge is 0.371 e. The van der Waals surface area contributed by atoms with E-state index in [1.54, 1.807) is 6.92 Å². The van der Waals surface area contributed by atoms with Gasteiger partial charge in [0.2, 0.25) is 0 Å². The maximum absolute atomic E-state index is 12.0. The number of benzene rings is 1. The van der Waals surface area contributed by atoms with E-state index in [0.29, 0.717) is 24.3 Å². The topological polar surface area (TPSA) is 73.3 Å². The number of hydrogen-bond acceptors (Lipinski definition) is 5. The molecule has 2 aromatic rings. The lowest BCUT2D eigenvalue weighted by atomic mass is 10.2. The summed E-state index contributed by atoms with van der Waals surface area (Å²) in [5, 5.41) is 0. The van der Waals surface area contributed by atoms with Gasteiger partial charge in [0, 0.05) is 23.9 Å². The van der Waals surface area contributed by atoms with Gasteiger partial charge in [0.25, 0.3) is 5.56 Å². The molecule has 0 saturated carbocycles. The van der Waals surface area contributed by atoms with Crippen LogP contribution < -0.4 is 11.2 Å². The molecule has 24 heavy (non-hydrogen) atoms. The zero-order valence-electron chi connectivity index (χ0n) is 13.3. The van der Waals surface area contributed by atoms with Gasteiger partial charge >= 0.3 is 5.69 Å². The van der Waals surface area contributed by atoms with Crippen LogP contribution in [0.4, 0.5) is 0 Å². The standard InChI is InChI=1S/C17H20N2O4S/c1-11-8-19(17(21)18-16(11)20)15-7-13(14(10-24)23-15)22-9-12-5-3-2-4-6-12/h2-6,8,13-15,24H,7,9-10H2,1H3,(H,18,20,21)/t13?,14-,15-/m1/s1. The number of aromatic amines is 1. The summed E-state index contributed by atoms with van der Waals surface area (Å²) in [5.41, 5.74) is 0.694. The van der Waals surface area contributed by atoms with Gasteiger partial charge in [-0.3, -0.25) is 14.3 Å². The molecular weight excluding hydrogens is 328 g/mol. The predicted molar refractivity (Wildman–Crippen MR) is 93.5 cm³/mol. The molecule has 2 heterocycles. The Morgan fingerprint density at radius 2 is 2.08 bits per heavy atom.